The molecule has 0 spiro atoms. The average Bonchev–Trinajstić information content (AvgIpc) is 2.47. The third-order valence-corrected chi connectivity index (χ3v) is 3.86. The highest BCUT2D eigenvalue weighted by molar-refractivity contribution is 6.30. The van der Waals surface area contributed by atoms with Crippen LogP contribution in [0.1, 0.15) is 30.7 Å². The van der Waals surface area contributed by atoms with Crippen LogP contribution < -0.4 is 11.5 Å². The Morgan fingerprint density at radius 3 is 2.43 bits per heavy atom. The van der Waals surface area contributed by atoms with E-state index in [0.717, 1.165) is 11.1 Å². The molecule has 2 rings (SSSR count). The number of aromatic nitrogens is 2. The van der Waals surface area contributed by atoms with E-state index in [1.54, 1.807) is 7.11 Å². The monoisotopic (exact) mass is 332 g/mol. The van der Waals surface area contributed by atoms with Gasteiger partial charge in [-0.15, -0.1) is 0 Å². The second-order valence-electron chi connectivity index (χ2n) is 5.82. The minimum absolute atomic E-state index is 0.142. The summed E-state index contributed by atoms with van der Waals surface area (Å²) < 4.78 is 5.16. The van der Waals surface area contributed by atoms with Gasteiger partial charge < -0.3 is 16.2 Å². The Hall–Kier alpha value is -2.11. The van der Waals surface area contributed by atoms with Crippen molar-refractivity contribution in [2.45, 2.75) is 25.9 Å². The van der Waals surface area contributed by atoms with Gasteiger partial charge in [-0.2, -0.15) is 4.98 Å². The fourth-order valence-electron chi connectivity index (χ4n) is 2.25. The zero-order chi connectivity index (χ0) is 17.0. The van der Waals surface area contributed by atoms with Crippen LogP contribution in [0.15, 0.2) is 30.3 Å². The molecule has 0 aliphatic heterocycles. The zero-order valence-electron chi connectivity index (χ0n) is 13.5. The van der Waals surface area contributed by atoms with Gasteiger partial charge in [-0.3, -0.25) is 0 Å². The lowest BCUT2D eigenvalue weighted by Crippen LogP contribution is -2.13. The largest absolute Gasteiger partial charge is 0.383 e. The molecule has 0 saturated heterocycles. The van der Waals surface area contributed by atoms with Crippen LogP contribution >= 0.6 is 11.6 Å². The van der Waals surface area contributed by atoms with E-state index in [1.807, 2.05) is 30.3 Å². The lowest BCUT2D eigenvalue weighted by molar-refractivity contribution is 0.181. The fraction of sp³-hybridized carbons (Fsp3) is 0.294. The summed E-state index contributed by atoms with van der Waals surface area (Å²) in [5.74, 6) is 0.483. The molecule has 0 saturated carbocycles. The number of methoxy groups -OCH3 is 1. The topological polar surface area (TPSA) is 87.0 Å². The van der Waals surface area contributed by atoms with Crippen LogP contribution in [0.25, 0.3) is 6.08 Å². The van der Waals surface area contributed by atoms with Gasteiger partial charge in [-0.1, -0.05) is 49.7 Å². The Balaban J connectivity index is 2.37. The van der Waals surface area contributed by atoms with Crippen molar-refractivity contribution in [3.63, 3.8) is 0 Å². The van der Waals surface area contributed by atoms with E-state index in [1.165, 1.54) is 0 Å². The van der Waals surface area contributed by atoms with Crippen molar-refractivity contribution in [2.24, 2.45) is 0 Å². The number of hydrogen-bond donors (Lipinski definition) is 2. The highest BCUT2D eigenvalue weighted by Crippen LogP contribution is 2.28. The van der Waals surface area contributed by atoms with Gasteiger partial charge >= 0.3 is 0 Å². The van der Waals surface area contributed by atoms with Crippen molar-refractivity contribution in [1.82, 2.24) is 9.97 Å². The molecule has 0 atom stereocenters. The van der Waals surface area contributed by atoms with E-state index in [0.29, 0.717) is 23.1 Å². The maximum absolute atomic E-state index is 5.99. The third-order valence-electron chi connectivity index (χ3n) is 3.61. The first-order valence-corrected chi connectivity index (χ1v) is 7.57. The molecule has 0 aliphatic carbocycles. The van der Waals surface area contributed by atoms with Gasteiger partial charge in [0.15, 0.2) is 0 Å². The number of nitrogen functional groups attached to an aromatic ring is 2. The first-order valence-electron chi connectivity index (χ1n) is 7.19. The van der Waals surface area contributed by atoms with Crippen LogP contribution in [0, 0.1) is 0 Å². The molecular formula is C17H21ClN4O. The van der Waals surface area contributed by atoms with Gasteiger partial charge in [0.1, 0.15) is 5.82 Å². The summed E-state index contributed by atoms with van der Waals surface area (Å²) in [5, 5.41) is 0.715. The third kappa shape index (κ3) is 4.21. The number of nitrogens with zero attached hydrogens (tertiary/aromatic N) is 2. The first kappa shape index (κ1) is 17.2. The lowest BCUT2D eigenvalue weighted by Gasteiger charge is -2.21. The van der Waals surface area contributed by atoms with Crippen LogP contribution in [0.4, 0.5) is 11.8 Å². The summed E-state index contributed by atoms with van der Waals surface area (Å²) in [5.41, 5.74) is 14.0. The molecule has 0 unspecified atom stereocenters. The standard InChI is InChI=1S/C17H21ClN4O/c1-17(2,11-4-6-12(18)7-5-11)9-8-13-14(10-23-3)21-16(20)22-15(13)19/h4-9H,10H2,1-3H3,(H4,19,20,21,22)/b9-8+. The average molecular weight is 333 g/mol. The highest BCUT2D eigenvalue weighted by Gasteiger charge is 2.18. The van der Waals surface area contributed by atoms with E-state index in [9.17, 15) is 0 Å². The molecule has 0 amide bonds. The van der Waals surface area contributed by atoms with Crippen molar-refractivity contribution in [3.8, 4) is 0 Å². The fourth-order valence-corrected chi connectivity index (χ4v) is 2.38. The molecule has 1 aromatic heterocycles. The van der Waals surface area contributed by atoms with Crippen LogP contribution in [0.3, 0.4) is 0 Å². The molecule has 5 nitrogen and oxygen atoms in total. The van der Waals surface area contributed by atoms with Crippen molar-refractivity contribution in [2.75, 3.05) is 18.6 Å². The molecule has 1 aromatic carbocycles. The number of hydrogen-bond acceptors (Lipinski definition) is 5. The number of halogens is 1. The molecule has 0 aliphatic rings. The van der Waals surface area contributed by atoms with Gasteiger partial charge in [0, 0.05) is 23.1 Å². The van der Waals surface area contributed by atoms with Crippen LogP contribution in [-0.2, 0) is 16.8 Å². The van der Waals surface area contributed by atoms with Gasteiger partial charge in [0.2, 0.25) is 5.95 Å². The Morgan fingerprint density at radius 1 is 1.17 bits per heavy atom. The molecular weight excluding hydrogens is 312 g/mol. The number of rotatable bonds is 5. The molecule has 0 radical (unpaired) electrons. The predicted molar refractivity (Wildman–Crippen MR) is 95.1 cm³/mol. The molecule has 23 heavy (non-hydrogen) atoms. The Labute approximate surface area is 141 Å². The number of allylic oxidation sites excluding steroid dienone is 1. The minimum atomic E-state index is -0.206. The normalized spacial score (nSPS) is 12.0. The molecule has 6 heteroatoms. The van der Waals surface area contributed by atoms with Crippen molar-refractivity contribution in [1.29, 1.82) is 0 Å². The van der Waals surface area contributed by atoms with E-state index >= 15 is 0 Å². The quantitative estimate of drug-likeness (QED) is 0.875. The minimum Gasteiger partial charge on any atom is -0.383 e. The van der Waals surface area contributed by atoms with Crippen molar-refractivity contribution in [3.05, 3.63) is 52.2 Å². The van der Waals surface area contributed by atoms with Crippen molar-refractivity contribution >= 4 is 29.4 Å². The molecule has 4 N–H and O–H groups in total. The van der Waals surface area contributed by atoms with E-state index in [4.69, 9.17) is 27.8 Å². The zero-order valence-corrected chi connectivity index (χ0v) is 14.3. The Bertz CT molecular complexity index is 711. The maximum atomic E-state index is 5.99. The predicted octanol–water partition coefficient (Wildman–Crippen LogP) is 3.43. The summed E-state index contributed by atoms with van der Waals surface area (Å²) >= 11 is 5.95. The molecule has 2 aromatic rings. The van der Waals surface area contributed by atoms with Crippen LogP contribution in [0.2, 0.25) is 5.02 Å². The second-order valence-corrected chi connectivity index (χ2v) is 6.26. The summed E-state index contributed by atoms with van der Waals surface area (Å²) in [4.78, 5) is 8.22. The maximum Gasteiger partial charge on any atom is 0.222 e. The second kappa shape index (κ2) is 6.98. The van der Waals surface area contributed by atoms with Gasteiger partial charge in [0.25, 0.3) is 0 Å². The van der Waals surface area contributed by atoms with E-state index < -0.39 is 0 Å². The summed E-state index contributed by atoms with van der Waals surface area (Å²) in [6.07, 6.45) is 3.97. The number of anilines is 2. The molecule has 0 bridgehead atoms. The van der Waals surface area contributed by atoms with Crippen LogP contribution in [-0.4, -0.2) is 17.1 Å². The summed E-state index contributed by atoms with van der Waals surface area (Å²) in [6.45, 7) is 4.53. The van der Waals surface area contributed by atoms with Crippen LogP contribution in [0.5, 0.6) is 0 Å². The summed E-state index contributed by atoms with van der Waals surface area (Å²) in [7, 11) is 1.60. The van der Waals surface area contributed by atoms with Gasteiger partial charge in [0.05, 0.1) is 12.3 Å². The smallest absolute Gasteiger partial charge is 0.222 e. The van der Waals surface area contributed by atoms with Gasteiger partial charge in [-0.05, 0) is 17.7 Å². The van der Waals surface area contributed by atoms with E-state index in [-0.39, 0.29) is 11.4 Å². The van der Waals surface area contributed by atoms with Gasteiger partial charge in [-0.25, -0.2) is 4.98 Å². The lowest BCUT2D eigenvalue weighted by atomic mass is 9.84. The Morgan fingerprint density at radius 2 is 1.83 bits per heavy atom. The molecule has 0 fully saturated rings. The number of nitrogens with two attached hydrogens (primary N) is 2. The SMILES string of the molecule is COCc1nc(N)nc(N)c1/C=C/C(C)(C)c1ccc(Cl)cc1. The van der Waals surface area contributed by atoms with E-state index in [2.05, 4.69) is 29.9 Å². The number of ether oxygens (including phenoxy) is 1. The molecule has 122 valence electrons. The Kier molecular flexibility index (Phi) is 5.23. The highest BCUT2D eigenvalue weighted by atomic mass is 35.5. The number of benzene rings is 1. The first-order chi connectivity index (χ1) is 10.8. The summed E-state index contributed by atoms with van der Waals surface area (Å²) in [6, 6.07) is 7.77. The van der Waals surface area contributed by atoms with Crippen molar-refractivity contribution < 1.29 is 4.74 Å². The molecule has 1 heterocycles.